The van der Waals surface area contributed by atoms with Crippen molar-refractivity contribution < 1.29 is 9.53 Å². The Morgan fingerprint density at radius 2 is 2.24 bits per heavy atom. The first-order valence-corrected chi connectivity index (χ1v) is 6.63. The fraction of sp³-hybridized carbons (Fsp3) is 0.462. The summed E-state index contributed by atoms with van der Waals surface area (Å²) in [4.78, 5) is 14.2. The summed E-state index contributed by atoms with van der Waals surface area (Å²) in [6, 6.07) is 7.54. The number of benzene rings is 1. The second-order valence-corrected chi connectivity index (χ2v) is 5.12. The second kappa shape index (κ2) is 5.65. The van der Waals surface area contributed by atoms with Crippen LogP contribution in [-0.2, 0) is 4.74 Å². The predicted molar refractivity (Wildman–Crippen MR) is 70.1 cm³/mol. The lowest BCUT2D eigenvalue weighted by atomic mass is 10.2. The molecule has 0 bridgehead atoms. The van der Waals surface area contributed by atoms with E-state index in [9.17, 15) is 4.79 Å². The number of nitrogens with zero attached hydrogens (tertiary/aromatic N) is 1. The third kappa shape index (κ3) is 3.07. The lowest BCUT2D eigenvalue weighted by molar-refractivity contribution is 0.0562. The van der Waals surface area contributed by atoms with Crippen molar-refractivity contribution in [1.82, 2.24) is 4.90 Å². The van der Waals surface area contributed by atoms with Crippen molar-refractivity contribution in [2.45, 2.75) is 19.4 Å². The minimum absolute atomic E-state index is 0.0785. The zero-order chi connectivity index (χ0) is 12.3. The highest BCUT2D eigenvalue weighted by Gasteiger charge is 2.22. The number of hydrogen-bond acceptors (Lipinski definition) is 2. The van der Waals surface area contributed by atoms with Gasteiger partial charge in [0.2, 0.25) is 0 Å². The van der Waals surface area contributed by atoms with Gasteiger partial charge in [-0.2, -0.15) is 0 Å². The fourth-order valence-electron chi connectivity index (χ4n) is 1.98. The van der Waals surface area contributed by atoms with E-state index in [0.29, 0.717) is 6.54 Å². The molecule has 1 heterocycles. The molecule has 92 valence electrons. The van der Waals surface area contributed by atoms with Gasteiger partial charge in [-0.05, 0) is 41.4 Å². The van der Waals surface area contributed by atoms with Gasteiger partial charge in [0.05, 0.1) is 11.7 Å². The molecule has 1 unspecified atom stereocenters. The quantitative estimate of drug-likeness (QED) is 0.798. The Kier molecular flexibility index (Phi) is 4.18. The first-order valence-electron chi connectivity index (χ1n) is 5.84. The molecule has 0 saturated carbocycles. The molecular formula is C13H16BrNO2. The highest BCUT2D eigenvalue weighted by atomic mass is 79.9. The van der Waals surface area contributed by atoms with Crippen molar-refractivity contribution in [3.8, 4) is 0 Å². The number of carbonyl (C=O) groups excluding carboxylic acids is 1. The lowest BCUT2D eigenvalue weighted by Crippen LogP contribution is -2.36. The molecular weight excluding hydrogens is 282 g/mol. The molecule has 1 aromatic rings. The molecule has 4 heteroatoms. The number of rotatable bonds is 1. The van der Waals surface area contributed by atoms with Crippen LogP contribution < -0.4 is 0 Å². The Hall–Kier alpha value is -0.870. The smallest absolute Gasteiger partial charge is 0.255 e. The van der Waals surface area contributed by atoms with E-state index in [1.807, 2.05) is 36.1 Å². The minimum Gasteiger partial charge on any atom is -0.377 e. The molecule has 1 saturated heterocycles. The molecule has 3 nitrogen and oxygen atoms in total. The molecule has 1 aliphatic heterocycles. The van der Waals surface area contributed by atoms with Crippen molar-refractivity contribution in [2.24, 2.45) is 0 Å². The number of ether oxygens (including phenoxy) is 1. The first kappa shape index (κ1) is 12.6. The van der Waals surface area contributed by atoms with Crippen LogP contribution in [0, 0.1) is 0 Å². The maximum atomic E-state index is 12.4. The maximum Gasteiger partial charge on any atom is 0.255 e. The summed E-state index contributed by atoms with van der Waals surface area (Å²) in [6.07, 6.45) is 1.02. The molecule has 2 rings (SSSR count). The van der Waals surface area contributed by atoms with E-state index in [1.165, 1.54) is 0 Å². The van der Waals surface area contributed by atoms with Crippen LogP contribution in [0.3, 0.4) is 0 Å². The van der Waals surface area contributed by atoms with E-state index in [0.717, 1.165) is 29.6 Å². The van der Waals surface area contributed by atoms with Crippen LogP contribution in [0.15, 0.2) is 28.7 Å². The zero-order valence-corrected chi connectivity index (χ0v) is 11.4. The van der Waals surface area contributed by atoms with E-state index >= 15 is 0 Å². The number of halogens is 1. The monoisotopic (exact) mass is 297 g/mol. The summed E-state index contributed by atoms with van der Waals surface area (Å²) < 4.78 is 6.39. The summed E-state index contributed by atoms with van der Waals surface area (Å²) in [5.41, 5.74) is 0.724. The first-order chi connectivity index (χ1) is 8.18. The molecule has 1 amide bonds. The molecule has 1 fully saturated rings. The van der Waals surface area contributed by atoms with Gasteiger partial charge < -0.3 is 9.64 Å². The van der Waals surface area contributed by atoms with Gasteiger partial charge in [0, 0.05) is 24.2 Å². The van der Waals surface area contributed by atoms with Gasteiger partial charge in [-0.25, -0.2) is 0 Å². The number of amides is 1. The van der Waals surface area contributed by atoms with Crippen LogP contribution in [-0.4, -0.2) is 36.6 Å². The SMILES string of the molecule is CC1CN(C(=O)c2ccccc2Br)CCCO1. The molecule has 1 atom stereocenters. The van der Waals surface area contributed by atoms with Gasteiger partial charge in [-0.1, -0.05) is 12.1 Å². The van der Waals surface area contributed by atoms with Crippen LogP contribution in [0.25, 0.3) is 0 Å². The second-order valence-electron chi connectivity index (χ2n) is 4.27. The standard InChI is InChI=1S/C13H16BrNO2/c1-10-9-15(7-4-8-17-10)13(16)11-5-2-3-6-12(11)14/h2-3,5-6,10H,4,7-9H2,1H3. The molecule has 17 heavy (non-hydrogen) atoms. The van der Waals surface area contributed by atoms with Gasteiger partial charge in [-0.15, -0.1) is 0 Å². The van der Waals surface area contributed by atoms with Gasteiger partial charge in [-0.3, -0.25) is 4.79 Å². The Balaban J connectivity index is 2.16. The molecule has 0 aromatic heterocycles. The normalized spacial score (nSPS) is 21.1. The molecule has 0 N–H and O–H groups in total. The molecule has 1 aliphatic rings. The van der Waals surface area contributed by atoms with Gasteiger partial charge >= 0.3 is 0 Å². The van der Waals surface area contributed by atoms with E-state index in [1.54, 1.807) is 0 Å². The zero-order valence-electron chi connectivity index (χ0n) is 9.86. The van der Waals surface area contributed by atoms with Crippen molar-refractivity contribution in [1.29, 1.82) is 0 Å². The van der Waals surface area contributed by atoms with Crippen LogP contribution in [0.2, 0.25) is 0 Å². The number of carbonyl (C=O) groups is 1. The van der Waals surface area contributed by atoms with E-state index in [2.05, 4.69) is 15.9 Å². The third-order valence-electron chi connectivity index (χ3n) is 2.84. The van der Waals surface area contributed by atoms with Crippen molar-refractivity contribution in [3.63, 3.8) is 0 Å². The van der Waals surface area contributed by atoms with E-state index in [4.69, 9.17) is 4.74 Å². The van der Waals surface area contributed by atoms with Crippen LogP contribution in [0.1, 0.15) is 23.7 Å². The Morgan fingerprint density at radius 3 is 3.00 bits per heavy atom. The minimum atomic E-state index is 0.0785. The van der Waals surface area contributed by atoms with E-state index in [-0.39, 0.29) is 12.0 Å². The highest BCUT2D eigenvalue weighted by molar-refractivity contribution is 9.10. The van der Waals surface area contributed by atoms with Crippen molar-refractivity contribution >= 4 is 21.8 Å². The van der Waals surface area contributed by atoms with Crippen molar-refractivity contribution in [3.05, 3.63) is 34.3 Å². The van der Waals surface area contributed by atoms with Crippen molar-refractivity contribution in [2.75, 3.05) is 19.7 Å². The van der Waals surface area contributed by atoms with Gasteiger partial charge in [0.25, 0.3) is 5.91 Å². The maximum absolute atomic E-state index is 12.4. The summed E-state index contributed by atoms with van der Waals surface area (Å²) >= 11 is 3.42. The fourth-order valence-corrected chi connectivity index (χ4v) is 2.44. The average Bonchev–Trinajstić information content (AvgIpc) is 2.54. The summed E-state index contributed by atoms with van der Waals surface area (Å²) in [5, 5.41) is 0. The molecule has 0 spiro atoms. The highest BCUT2D eigenvalue weighted by Crippen LogP contribution is 2.19. The largest absolute Gasteiger partial charge is 0.377 e. The van der Waals surface area contributed by atoms with Gasteiger partial charge in [0.15, 0.2) is 0 Å². The molecule has 0 radical (unpaired) electrons. The third-order valence-corrected chi connectivity index (χ3v) is 3.54. The predicted octanol–water partition coefficient (Wildman–Crippen LogP) is 2.70. The molecule has 0 aliphatic carbocycles. The number of hydrogen-bond donors (Lipinski definition) is 0. The average molecular weight is 298 g/mol. The molecule has 1 aromatic carbocycles. The van der Waals surface area contributed by atoms with Crippen LogP contribution in [0.4, 0.5) is 0 Å². The topological polar surface area (TPSA) is 29.5 Å². The summed E-state index contributed by atoms with van der Waals surface area (Å²) in [7, 11) is 0. The Morgan fingerprint density at radius 1 is 1.47 bits per heavy atom. The summed E-state index contributed by atoms with van der Waals surface area (Å²) in [6.45, 7) is 4.18. The van der Waals surface area contributed by atoms with E-state index < -0.39 is 0 Å². The Bertz CT molecular complexity index is 408. The van der Waals surface area contributed by atoms with Crippen LogP contribution in [0.5, 0.6) is 0 Å². The van der Waals surface area contributed by atoms with Gasteiger partial charge in [0.1, 0.15) is 0 Å². The van der Waals surface area contributed by atoms with Crippen LogP contribution >= 0.6 is 15.9 Å². The summed E-state index contributed by atoms with van der Waals surface area (Å²) in [5.74, 6) is 0.0785. The lowest BCUT2D eigenvalue weighted by Gasteiger charge is -2.22. The Labute approximate surface area is 110 Å².